The first-order valence-corrected chi connectivity index (χ1v) is 7.85. The molecule has 0 unspecified atom stereocenters. The third-order valence-electron chi connectivity index (χ3n) is 3.46. The Bertz CT molecular complexity index is 696. The summed E-state index contributed by atoms with van der Waals surface area (Å²) < 4.78 is 11.7. The molecule has 4 heteroatoms. The summed E-state index contributed by atoms with van der Waals surface area (Å²) in [6.45, 7) is 0.914. The minimum absolute atomic E-state index is 0.0455. The number of rotatable bonds is 6. The number of fused-ring (bicyclic) bond motifs is 1. The molecule has 0 saturated carbocycles. The van der Waals surface area contributed by atoms with Crippen LogP contribution in [0, 0.1) is 0 Å². The van der Waals surface area contributed by atoms with Gasteiger partial charge in [-0.3, -0.25) is 0 Å². The van der Waals surface area contributed by atoms with Crippen molar-refractivity contribution in [1.82, 2.24) is 9.69 Å². The van der Waals surface area contributed by atoms with Crippen LogP contribution in [0.5, 0.6) is 5.75 Å². The van der Waals surface area contributed by atoms with Crippen molar-refractivity contribution in [3.05, 3.63) is 60.3 Å². The van der Waals surface area contributed by atoms with Crippen molar-refractivity contribution in [3.63, 3.8) is 0 Å². The van der Waals surface area contributed by atoms with Gasteiger partial charge in [0.15, 0.2) is 0 Å². The summed E-state index contributed by atoms with van der Waals surface area (Å²) in [7, 11) is 1.96. The first-order valence-electron chi connectivity index (χ1n) is 7.08. The summed E-state index contributed by atoms with van der Waals surface area (Å²) in [5, 5.41) is 4.29. The lowest BCUT2D eigenvalue weighted by atomic mass is 10.1. The van der Waals surface area contributed by atoms with Crippen molar-refractivity contribution in [1.29, 1.82) is 0 Å². The van der Waals surface area contributed by atoms with Crippen LogP contribution >= 0.6 is 11.5 Å². The molecule has 3 rings (SSSR count). The van der Waals surface area contributed by atoms with E-state index in [1.54, 1.807) is 0 Å². The van der Waals surface area contributed by atoms with Gasteiger partial charge in [0.25, 0.3) is 0 Å². The fourth-order valence-corrected chi connectivity index (χ4v) is 3.02. The molecule has 0 saturated heterocycles. The van der Waals surface area contributed by atoms with Crippen molar-refractivity contribution < 1.29 is 4.74 Å². The molecule has 0 radical (unpaired) electrons. The topological polar surface area (TPSA) is 34.1 Å². The van der Waals surface area contributed by atoms with Gasteiger partial charge in [0.1, 0.15) is 11.9 Å². The zero-order valence-electron chi connectivity index (χ0n) is 12.0. The summed E-state index contributed by atoms with van der Waals surface area (Å²) in [5.74, 6) is 0.909. The van der Waals surface area contributed by atoms with Crippen molar-refractivity contribution >= 4 is 21.6 Å². The number of ether oxygens (including phenoxy) is 1. The molecule has 0 amide bonds. The van der Waals surface area contributed by atoms with E-state index < -0.39 is 0 Å². The van der Waals surface area contributed by atoms with Gasteiger partial charge in [-0.1, -0.05) is 36.4 Å². The highest BCUT2D eigenvalue weighted by molar-refractivity contribution is 7.13. The number of benzene rings is 2. The zero-order valence-corrected chi connectivity index (χ0v) is 12.8. The second kappa shape index (κ2) is 6.70. The Balaban J connectivity index is 1.89. The summed E-state index contributed by atoms with van der Waals surface area (Å²) in [6, 6.07) is 16.5. The van der Waals surface area contributed by atoms with Crippen LogP contribution in [0.1, 0.15) is 18.1 Å². The third-order valence-corrected chi connectivity index (χ3v) is 4.22. The monoisotopic (exact) mass is 298 g/mol. The van der Waals surface area contributed by atoms with Crippen LogP contribution in [-0.4, -0.2) is 18.0 Å². The van der Waals surface area contributed by atoms with E-state index in [0.29, 0.717) is 0 Å². The van der Waals surface area contributed by atoms with Crippen molar-refractivity contribution in [2.24, 2.45) is 0 Å². The Morgan fingerprint density at radius 2 is 2.00 bits per heavy atom. The van der Waals surface area contributed by atoms with E-state index in [9.17, 15) is 0 Å². The summed E-state index contributed by atoms with van der Waals surface area (Å²) in [4.78, 5) is 0. The van der Waals surface area contributed by atoms with Gasteiger partial charge in [0.2, 0.25) is 0 Å². The fourth-order valence-electron chi connectivity index (χ4n) is 2.36. The average molecular weight is 298 g/mol. The van der Waals surface area contributed by atoms with Crippen LogP contribution in [-0.2, 0) is 0 Å². The van der Waals surface area contributed by atoms with Gasteiger partial charge in [-0.05, 0) is 42.8 Å². The van der Waals surface area contributed by atoms with E-state index in [1.807, 2.05) is 31.4 Å². The Hall–Kier alpha value is -1.91. The maximum absolute atomic E-state index is 6.30. The van der Waals surface area contributed by atoms with Crippen LogP contribution in [0.25, 0.3) is 10.1 Å². The lowest BCUT2D eigenvalue weighted by Gasteiger charge is -2.20. The molecule has 0 aliphatic rings. The van der Waals surface area contributed by atoms with Gasteiger partial charge in [-0.15, -0.1) is 0 Å². The van der Waals surface area contributed by atoms with Crippen LogP contribution in [0.3, 0.4) is 0 Å². The molecule has 1 atom stereocenters. The van der Waals surface area contributed by atoms with Gasteiger partial charge in [0, 0.05) is 6.42 Å². The predicted octanol–water partition coefficient (Wildman–Crippen LogP) is 4.03. The second-order valence-electron chi connectivity index (χ2n) is 4.90. The smallest absolute Gasteiger partial charge is 0.130 e. The molecule has 1 aromatic heterocycles. The predicted molar refractivity (Wildman–Crippen MR) is 88.0 cm³/mol. The van der Waals surface area contributed by atoms with Gasteiger partial charge in [-0.2, -0.15) is 4.37 Å². The van der Waals surface area contributed by atoms with Crippen LogP contribution in [0.2, 0.25) is 0 Å². The van der Waals surface area contributed by atoms with Gasteiger partial charge < -0.3 is 10.1 Å². The molecule has 0 spiro atoms. The molecule has 108 valence electrons. The van der Waals surface area contributed by atoms with Crippen LogP contribution in [0.4, 0.5) is 0 Å². The lowest BCUT2D eigenvalue weighted by Crippen LogP contribution is -2.16. The molecular weight excluding hydrogens is 280 g/mol. The SMILES string of the molecule is CNCC[C@H](Oc1cccc2sncc12)c1ccccc1. The number of aromatic nitrogens is 1. The standard InChI is InChI=1S/C17H18N2OS/c1-18-11-10-15(13-6-3-2-4-7-13)20-16-8-5-9-17-14(16)12-19-21-17/h2-9,12,15,18H,10-11H2,1H3/t15-/m0/s1. The lowest BCUT2D eigenvalue weighted by molar-refractivity contribution is 0.197. The minimum Gasteiger partial charge on any atom is -0.485 e. The molecule has 0 aliphatic carbocycles. The van der Waals surface area contributed by atoms with E-state index in [2.05, 4.69) is 40.0 Å². The molecule has 0 fully saturated rings. The normalized spacial score (nSPS) is 12.4. The quantitative estimate of drug-likeness (QED) is 0.746. The highest BCUT2D eigenvalue weighted by atomic mass is 32.1. The maximum Gasteiger partial charge on any atom is 0.130 e. The number of nitrogens with zero attached hydrogens (tertiary/aromatic N) is 1. The third kappa shape index (κ3) is 3.23. The summed E-state index contributed by atoms with van der Waals surface area (Å²) >= 11 is 1.50. The maximum atomic E-state index is 6.30. The minimum atomic E-state index is 0.0455. The largest absolute Gasteiger partial charge is 0.485 e. The van der Waals surface area contributed by atoms with Crippen LogP contribution in [0.15, 0.2) is 54.7 Å². The zero-order chi connectivity index (χ0) is 14.5. The average Bonchev–Trinajstić information content (AvgIpc) is 3.01. The Kier molecular flexibility index (Phi) is 4.48. The molecule has 0 aliphatic heterocycles. The Morgan fingerprint density at radius 1 is 1.14 bits per heavy atom. The van der Waals surface area contributed by atoms with Gasteiger partial charge in [0.05, 0.1) is 16.3 Å². The second-order valence-corrected chi connectivity index (χ2v) is 5.74. The van der Waals surface area contributed by atoms with Crippen molar-refractivity contribution in [2.45, 2.75) is 12.5 Å². The molecule has 1 N–H and O–H groups in total. The summed E-state index contributed by atoms with van der Waals surface area (Å²) in [5.41, 5.74) is 1.20. The Morgan fingerprint density at radius 3 is 2.81 bits per heavy atom. The number of nitrogens with one attached hydrogen (secondary N) is 1. The van der Waals surface area contributed by atoms with E-state index in [0.717, 1.165) is 28.8 Å². The number of hydrogen-bond donors (Lipinski definition) is 1. The number of hydrogen-bond acceptors (Lipinski definition) is 4. The van der Waals surface area contributed by atoms with E-state index in [4.69, 9.17) is 4.74 Å². The first-order chi connectivity index (χ1) is 10.4. The van der Waals surface area contributed by atoms with Gasteiger partial charge in [-0.25, -0.2) is 0 Å². The molecule has 2 aromatic carbocycles. The molecule has 21 heavy (non-hydrogen) atoms. The Labute approximate surface area is 128 Å². The van der Waals surface area contributed by atoms with Gasteiger partial charge >= 0.3 is 0 Å². The molecule has 0 bridgehead atoms. The summed E-state index contributed by atoms with van der Waals surface area (Å²) in [6.07, 6.45) is 2.85. The van der Waals surface area contributed by atoms with Crippen LogP contribution < -0.4 is 10.1 Å². The van der Waals surface area contributed by atoms with Crippen molar-refractivity contribution in [2.75, 3.05) is 13.6 Å². The van der Waals surface area contributed by atoms with Crippen molar-refractivity contribution in [3.8, 4) is 5.75 Å². The van der Waals surface area contributed by atoms with E-state index in [-0.39, 0.29) is 6.10 Å². The highest BCUT2D eigenvalue weighted by Gasteiger charge is 2.14. The molecule has 3 nitrogen and oxygen atoms in total. The van der Waals surface area contributed by atoms with E-state index in [1.165, 1.54) is 17.1 Å². The fraction of sp³-hybridized carbons (Fsp3) is 0.235. The first kappa shape index (κ1) is 14.0. The molecule has 3 aromatic rings. The molecule has 1 heterocycles. The highest BCUT2D eigenvalue weighted by Crippen LogP contribution is 2.32. The van der Waals surface area contributed by atoms with E-state index >= 15 is 0 Å². The molecular formula is C17H18N2OS.